The van der Waals surface area contributed by atoms with Gasteiger partial charge in [0, 0.05) is 33.2 Å². The van der Waals surface area contributed by atoms with Crippen LogP contribution in [-0.4, -0.2) is 4.57 Å². The lowest BCUT2D eigenvalue weighted by Gasteiger charge is -2.22. The van der Waals surface area contributed by atoms with Crippen LogP contribution in [0.3, 0.4) is 0 Å². The van der Waals surface area contributed by atoms with Gasteiger partial charge >= 0.3 is 0 Å². The fourth-order valence-electron chi connectivity index (χ4n) is 6.73. The van der Waals surface area contributed by atoms with Gasteiger partial charge in [0.15, 0.2) is 0 Å². The van der Waals surface area contributed by atoms with E-state index in [1.54, 1.807) is 0 Å². The van der Waals surface area contributed by atoms with E-state index in [2.05, 4.69) is 163 Å². The van der Waals surface area contributed by atoms with Gasteiger partial charge in [0.1, 0.15) is 0 Å². The molecule has 2 heteroatoms. The Balaban J connectivity index is 1.18. The molecule has 0 saturated heterocycles. The second kappa shape index (κ2) is 8.97. The minimum absolute atomic E-state index is 0.0158. The zero-order valence-electron chi connectivity index (χ0n) is 23.2. The quantitative estimate of drug-likeness (QED) is 0.241. The summed E-state index contributed by atoms with van der Waals surface area (Å²) >= 11 is 0. The van der Waals surface area contributed by atoms with Crippen LogP contribution in [0.5, 0.6) is 0 Å². The van der Waals surface area contributed by atoms with E-state index in [1.165, 1.54) is 60.9 Å². The second-order valence-electron chi connectivity index (χ2n) is 11.6. The highest BCUT2D eigenvalue weighted by atomic mass is 15.0. The first-order chi connectivity index (χ1) is 20.1. The highest BCUT2D eigenvalue weighted by molar-refractivity contribution is 6.10. The van der Waals surface area contributed by atoms with Crippen molar-refractivity contribution in [2.75, 3.05) is 5.32 Å². The topological polar surface area (TPSA) is 17.0 Å². The molecule has 8 rings (SSSR count). The number of fused-ring (bicyclic) bond motifs is 6. The first-order valence-corrected chi connectivity index (χ1v) is 14.3. The summed E-state index contributed by atoms with van der Waals surface area (Å²) in [6.07, 6.45) is 0. The third-order valence-electron chi connectivity index (χ3n) is 8.76. The van der Waals surface area contributed by atoms with Crippen molar-refractivity contribution in [3.63, 3.8) is 0 Å². The average molecular weight is 527 g/mol. The molecule has 0 unspecified atom stereocenters. The van der Waals surface area contributed by atoms with Gasteiger partial charge in [-0.3, -0.25) is 0 Å². The van der Waals surface area contributed by atoms with Crippen LogP contribution >= 0.6 is 0 Å². The van der Waals surface area contributed by atoms with Gasteiger partial charge in [-0.2, -0.15) is 0 Å². The number of hydrogen-bond donors (Lipinski definition) is 1. The maximum atomic E-state index is 3.70. The third-order valence-corrected chi connectivity index (χ3v) is 8.76. The molecule has 0 amide bonds. The van der Waals surface area contributed by atoms with Gasteiger partial charge in [-0.1, -0.05) is 105 Å². The molecular formula is C39H30N2. The fraction of sp³-hybridized carbons (Fsp3) is 0.0769. The summed E-state index contributed by atoms with van der Waals surface area (Å²) < 4.78 is 2.38. The molecule has 1 N–H and O–H groups in total. The number of aromatic nitrogens is 1. The SMILES string of the molecule is CC1(C)c2ccccc2-c2ccc(Nc3cccc(-c4ccc5c6ccccc6n(-c6ccccc6)c5c4)c3)cc21. The fourth-order valence-corrected chi connectivity index (χ4v) is 6.73. The maximum Gasteiger partial charge on any atom is 0.0547 e. The molecule has 0 spiro atoms. The summed E-state index contributed by atoms with van der Waals surface area (Å²) in [7, 11) is 0. The predicted octanol–water partition coefficient (Wildman–Crippen LogP) is 10.5. The van der Waals surface area contributed by atoms with Gasteiger partial charge in [-0.15, -0.1) is 0 Å². The van der Waals surface area contributed by atoms with E-state index in [0.717, 1.165) is 11.4 Å². The van der Waals surface area contributed by atoms with E-state index in [-0.39, 0.29) is 5.41 Å². The molecular weight excluding hydrogens is 496 g/mol. The van der Waals surface area contributed by atoms with Crippen molar-refractivity contribution in [1.29, 1.82) is 0 Å². The van der Waals surface area contributed by atoms with Crippen LogP contribution in [0.1, 0.15) is 25.0 Å². The van der Waals surface area contributed by atoms with Gasteiger partial charge in [-0.05, 0) is 81.9 Å². The van der Waals surface area contributed by atoms with E-state index < -0.39 is 0 Å². The van der Waals surface area contributed by atoms with Crippen molar-refractivity contribution >= 4 is 33.2 Å². The first kappa shape index (κ1) is 23.8. The molecule has 1 aromatic heterocycles. The molecule has 0 saturated carbocycles. The number of para-hydroxylation sites is 2. The van der Waals surface area contributed by atoms with Crippen LogP contribution in [-0.2, 0) is 5.41 Å². The molecule has 41 heavy (non-hydrogen) atoms. The molecule has 1 aliphatic rings. The summed E-state index contributed by atoms with van der Waals surface area (Å²) in [6, 6.07) is 50.5. The normalized spacial score (nSPS) is 13.3. The van der Waals surface area contributed by atoms with E-state index in [0.29, 0.717) is 0 Å². The molecule has 6 aromatic carbocycles. The zero-order valence-corrected chi connectivity index (χ0v) is 23.2. The molecule has 7 aromatic rings. The lowest BCUT2D eigenvalue weighted by atomic mass is 9.82. The Morgan fingerprint density at radius 2 is 1.20 bits per heavy atom. The van der Waals surface area contributed by atoms with Crippen LogP contribution in [0.25, 0.3) is 49.7 Å². The van der Waals surface area contributed by atoms with Crippen LogP contribution in [0.4, 0.5) is 11.4 Å². The van der Waals surface area contributed by atoms with Crippen LogP contribution in [0.15, 0.2) is 140 Å². The maximum absolute atomic E-state index is 3.70. The van der Waals surface area contributed by atoms with Crippen molar-refractivity contribution in [2.24, 2.45) is 0 Å². The predicted molar refractivity (Wildman–Crippen MR) is 174 cm³/mol. The van der Waals surface area contributed by atoms with Gasteiger partial charge in [-0.25, -0.2) is 0 Å². The number of benzene rings is 6. The van der Waals surface area contributed by atoms with Crippen molar-refractivity contribution < 1.29 is 0 Å². The molecule has 196 valence electrons. The van der Waals surface area contributed by atoms with Crippen LogP contribution in [0.2, 0.25) is 0 Å². The Morgan fingerprint density at radius 1 is 0.488 bits per heavy atom. The first-order valence-electron chi connectivity index (χ1n) is 14.3. The highest BCUT2D eigenvalue weighted by Gasteiger charge is 2.35. The molecule has 0 aliphatic heterocycles. The summed E-state index contributed by atoms with van der Waals surface area (Å²) in [6.45, 7) is 4.65. The number of nitrogens with one attached hydrogen (secondary N) is 1. The van der Waals surface area contributed by atoms with Crippen molar-refractivity contribution in [2.45, 2.75) is 19.3 Å². The largest absolute Gasteiger partial charge is 0.356 e. The number of rotatable bonds is 4. The van der Waals surface area contributed by atoms with E-state index in [1.807, 2.05) is 0 Å². The van der Waals surface area contributed by atoms with Gasteiger partial charge < -0.3 is 9.88 Å². The molecule has 0 fully saturated rings. The summed E-state index contributed by atoms with van der Waals surface area (Å²) in [5.41, 5.74) is 13.7. The molecule has 1 heterocycles. The third kappa shape index (κ3) is 3.72. The zero-order chi connectivity index (χ0) is 27.6. The Labute approximate surface area is 240 Å². The minimum atomic E-state index is -0.0158. The highest BCUT2D eigenvalue weighted by Crippen LogP contribution is 2.49. The summed E-state index contributed by atoms with van der Waals surface area (Å²) in [4.78, 5) is 0. The average Bonchev–Trinajstić information content (AvgIpc) is 3.46. The molecule has 0 radical (unpaired) electrons. The smallest absolute Gasteiger partial charge is 0.0547 e. The molecule has 1 aliphatic carbocycles. The number of hydrogen-bond acceptors (Lipinski definition) is 1. The van der Waals surface area contributed by atoms with E-state index in [4.69, 9.17) is 0 Å². The lowest BCUT2D eigenvalue weighted by Crippen LogP contribution is -2.15. The second-order valence-corrected chi connectivity index (χ2v) is 11.6. The Morgan fingerprint density at radius 3 is 2.10 bits per heavy atom. The van der Waals surface area contributed by atoms with Crippen LogP contribution in [0, 0.1) is 0 Å². The van der Waals surface area contributed by atoms with Gasteiger partial charge in [0.05, 0.1) is 11.0 Å². The van der Waals surface area contributed by atoms with Crippen molar-refractivity contribution in [3.8, 4) is 27.9 Å². The summed E-state index contributed by atoms with van der Waals surface area (Å²) in [5, 5.41) is 6.24. The van der Waals surface area contributed by atoms with E-state index in [9.17, 15) is 0 Å². The number of nitrogens with zero attached hydrogens (tertiary/aromatic N) is 1. The van der Waals surface area contributed by atoms with E-state index >= 15 is 0 Å². The minimum Gasteiger partial charge on any atom is -0.356 e. The van der Waals surface area contributed by atoms with Crippen molar-refractivity contribution in [1.82, 2.24) is 4.57 Å². The van der Waals surface area contributed by atoms with Crippen molar-refractivity contribution in [3.05, 3.63) is 151 Å². The standard InChI is InChI=1S/C39H30N2/c1-39(2)35-17-8-6-15-31(35)32-22-20-29(25-36(32)39)40-28-12-10-11-26(23-28)27-19-21-34-33-16-7-9-18-37(33)41(38(34)24-27)30-13-4-3-5-14-30/h3-25,40H,1-2H3. The Kier molecular flexibility index (Phi) is 5.20. The Hall–Kier alpha value is -5.08. The molecule has 0 bridgehead atoms. The van der Waals surface area contributed by atoms with Gasteiger partial charge in [0.25, 0.3) is 0 Å². The summed E-state index contributed by atoms with van der Waals surface area (Å²) in [5.74, 6) is 0. The molecule has 2 nitrogen and oxygen atoms in total. The Bertz CT molecular complexity index is 2100. The molecule has 0 atom stereocenters. The van der Waals surface area contributed by atoms with Gasteiger partial charge in [0.2, 0.25) is 0 Å². The monoisotopic (exact) mass is 526 g/mol. The lowest BCUT2D eigenvalue weighted by molar-refractivity contribution is 0.660. The van der Waals surface area contributed by atoms with Crippen LogP contribution < -0.4 is 5.32 Å². The number of anilines is 2.